The Kier molecular flexibility index (Phi) is 4.66. The lowest BCUT2D eigenvalue weighted by Crippen LogP contribution is -2.26. The number of nitrogens with zero attached hydrogens (tertiary/aromatic N) is 1. The number of rotatable bonds is 5. The second-order valence-electron chi connectivity index (χ2n) is 3.75. The van der Waals surface area contributed by atoms with Gasteiger partial charge >= 0.3 is 0 Å². The van der Waals surface area contributed by atoms with Gasteiger partial charge < -0.3 is 20.7 Å². The first-order chi connectivity index (χ1) is 8.49. The number of ether oxygens (including phenoxy) is 1. The molecule has 0 heterocycles. The largest absolute Gasteiger partial charge is 0.496 e. The molecule has 0 saturated carbocycles. The van der Waals surface area contributed by atoms with Gasteiger partial charge in [0.05, 0.1) is 31.3 Å². The number of carbonyl (C=O) groups is 1. The zero-order valence-electron chi connectivity index (χ0n) is 9.83. The zero-order valence-corrected chi connectivity index (χ0v) is 9.83. The van der Waals surface area contributed by atoms with E-state index in [9.17, 15) is 15.0 Å². The molecule has 0 spiro atoms. The number of nitrogens with two attached hydrogens (primary N) is 1. The molecule has 6 heteroatoms. The molecule has 0 aliphatic heterocycles. The summed E-state index contributed by atoms with van der Waals surface area (Å²) in [7, 11) is 1.40. The Balaban J connectivity index is 3.06. The highest BCUT2D eigenvalue weighted by Gasteiger charge is 2.23. The quantitative estimate of drug-likeness (QED) is 0.671. The molecule has 0 aliphatic rings. The number of hydrogen-bond donors (Lipinski definition) is 3. The molecule has 6 nitrogen and oxygen atoms in total. The smallest absolute Gasteiger partial charge is 0.220 e. The Morgan fingerprint density at radius 1 is 1.56 bits per heavy atom. The minimum Gasteiger partial charge on any atom is -0.496 e. The van der Waals surface area contributed by atoms with Gasteiger partial charge in [0.15, 0.2) is 0 Å². The normalized spacial score (nSPS) is 13.4. The fraction of sp³-hybridized carbons (Fsp3) is 0.333. The Morgan fingerprint density at radius 3 is 2.72 bits per heavy atom. The summed E-state index contributed by atoms with van der Waals surface area (Å²) in [6.07, 6.45) is -3.06. The summed E-state index contributed by atoms with van der Waals surface area (Å²) < 4.78 is 5.02. The van der Waals surface area contributed by atoms with Crippen molar-refractivity contribution in [3.63, 3.8) is 0 Å². The van der Waals surface area contributed by atoms with Crippen molar-refractivity contribution < 1.29 is 19.7 Å². The van der Waals surface area contributed by atoms with E-state index in [1.807, 2.05) is 6.07 Å². The molecule has 1 rings (SSSR count). The van der Waals surface area contributed by atoms with Crippen LogP contribution in [0.2, 0.25) is 0 Å². The van der Waals surface area contributed by atoms with Crippen LogP contribution < -0.4 is 10.5 Å². The first-order valence-corrected chi connectivity index (χ1v) is 5.22. The topological polar surface area (TPSA) is 117 Å². The van der Waals surface area contributed by atoms with Gasteiger partial charge in [0.1, 0.15) is 11.9 Å². The van der Waals surface area contributed by atoms with Gasteiger partial charge in [0.2, 0.25) is 5.91 Å². The summed E-state index contributed by atoms with van der Waals surface area (Å²) in [6, 6.07) is 6.34. The van der Waals surface area contributed by atoms with Gasteiger partial charge in [0.25, 0.3) is 0 Å². The maximum absolute atomic E-state index is 10.7. The van der Waals surface area contributed by atoms with Crippen molar-refractivity contribution >= 4 is 5.91 Å². The number of carbonyl (C=O) groups excluding carboxylic acids is 1. The SMILES string of the molecule is COc1ccc(C#N)cc1C(O)C(O)CC(N)=O. The van der Waals surface area contributed by atoms with Crippen molar-refractivity contribution in [1.29, 1.82) is 5.26 Å². The molecule has 1 amide bonds. The number of benzene rings is 1. The lowest BCUT2D eigenvalue weighted by atomic mass is 9.99. The van der Waals surface area contributed by atoms with Crippen molar-refractivity contribution in [2.75, 3.05) is 7.11 Å². The Labute approximate surface area is 104 Å². The molecule has 0 saturated heterocycles. The van der Waals surface area contributed by atoms with Crippen LogP contribution in [0.15, 0.2) is 18.2 Å². The molecular formula is C12H14N2O4. The maximum Gasteiger partial charge on any atom is 0.220 e. The van der Waals surface area contributed by atoms with Crippen LogP contribution in [0.1, 0.15) is 23.7 Å². The lowest BCUT2D eigenvalue weighted by Gasteiger charge is -2.19. The summed E-state index contributed by atoms with van der Waals surface area (Å²) in [5, 5.41) is 28.3. The molecule has 0 aliphatic carbocycles. The average molecular weight is 250 g/mol. The molecule has 1 aromatic rings. The minimum absolute atomic E-state index is 0.241. The molecule has 4 N–H and O–H groups in total. The van der Waals surface area contributed by atoms with Crippen LogP contribution in [0.25, 0.3) is 0 Å². The Bertz CT molecular complexity index is 481. The highest BCUT2D eigenvalue weighted by Crippen LogP contribution is 2.29. The minimum atomic E-state index is -1.35. The third-order valence-electron chi connectivity index (χ3n) is 2.45. The number of primary amides is 1. The molecule has 1 aromatic carbocycles. The van der Waals surface area contributed by atoms with E-state index >= 15 is 0 Å². The third-order valence-corrected chi connectivity index (χ3v) is 2.45. The molecular weight excluding hydrogens is 236 g/mol. The highest BCUT2D eigenvalue weighted by molar-refractivity contribution is 5.74. The third kappa shape index (κ3) is 3.20. The molecule has 0 aromatic heterocycles. The van der Waals surface area contributed by atoms with E-state index in [4.69, 9.17) is 15.7 Å². The molecule has 18 heavy (non-hydrogen) atoms. The monoisotopic (exact) mass is 250 g/mol. The number of nitriles is 1. The van der Waals surface area contributed by atoms with Crippen LogP contribution in [0.5, 0.6) is 5.75 Å². The molecule has 0 fully saturated rings. The van der Waals surface area contributed by atoms with Gasteiger partial charge in [-0.2, -0.15) is 5.26 Å². The second kappa shape index (κ2) is 6.00. The summed E-state index contributed by atoms with van der Waals surface area (Å²) in [5.74, 6) is -0.401. The molecule has 0 bridgehead atoms. The van der Waals surface area contributed by atoms with E-state index < -0.39 is 18.1 Å². The van der Waals surface area contributed by atoms with Crippen LogP contribution in [0, 0.1) is 11.3 Å². The first kappa shape index (κ1) is 14.0. The summed E-state index contributed by atoms with van der Waals surface area (Å²) >= 11 is 0. The molecule has 2 atom stereocenters. The first-order valence-electron chi connectivity index (χ1n) is 5.22. The average Bonchev–Trinajstić information content (AvgIpc) is 2.36. The number of hydrogen-bond acceptors (Lipinski definition) is 5. The predicted molar refractivity (Wildman–Crippen MR) is 62.5 cm³/mol. The van der Waals surface area contributed by atoms with E-state index in [-0.39, 0.29) is 12.0 Å². The Morgan fingerprint density at radius 2 is 2.22 bits per heavy atom. The molecule has 2 unspecified atom stereocenters. The molecule has 0 radical (unpaired) electrons. The van der Waals surface area contributed by atoms with E-state index in [0.717, 1.165) is 0 Å². The van der Waals surface area contributed by atoms with Crippen molar-refractivity contribution in [2.45, 2.75) is 18.6 Å². The standard InChI is InChI=1S/C12H14N2O4/c1-18-10-3-2-7(6-13)4-8(10)12(17)9(15)5-11(14)16/h2-4,9,12,15,17H,5H2,1H3,(H2,14,16). The van der Waals surface area contributed by atoms with Gasteiger partial charge in [-0.25, -0.2) is 0 Å². The second-order valence-corrected chi connectivity index (χ2v) is 3.75. The van der Waals surface area contributed by atoms with Crippen LogP contribution in [0.4, 0.5) is 0 Å². The van der Waals surface area contributed by atoms with Crippen molar-refractivity contribution in [3.8, 4) is 11.8 Å². The van der Waals surface area contributed by atoms with Crippen LogP contribution in [-0.4, -0.2) is 29.3 Å². The van der Waals surface area contributed by atoms with Crippen LogP contribution in [-0.2, 0) is 4.79 Å². The van der Waals surface area contributed by atoms with Gasteiger partial charge in [0, 0.05) is 5.56 Å². The van der Waals surface area contributed by atoms with Crippen molar-refractivity contribution in [1.82, 2.24) is 0 Å². The summed E-state index contributed by atoms with van der Waals surface area (Å²) in [6.45, 7) is 0. The number of aliphatic hydroxyl groups is 2. The van der Waals surface area contributed by atoms with E-state index in [2.05, 4.69) is 0 Å². The number of methoxy groups -OCH3 is 1. The number of amides is 1. The fourth-order valence-corrected chi connectivity index (χ4v) is 1.56. The van der Waals surface area contributed by atoms with Crippen LogP contribution >= 0.6 is 0 Å². The van der Waals surface area contributed by atoms with Crippen molar-refractivity contribution in [3.05, 3.63) is 29.3 Å². The summed E-state index contributed by atoms with van der Waals surface area (Å²) in [4.78, 5) is 10.7. The zero-order chi connectivity index (χ0) is 13.7. The summed E-state index contributed by atoms with van der Waals surface area (Å²) in [5.41, 5.74) is 5.50. The predicted octanol–water partition coefficient (Wildman–Crippen LogP) is -0.163. The van der Waals surface area contributed by atoms with Gasteiger partial charge in [-0.3, -0.25) is 4.79 Å². The lowest BCUT2D eigenvalue weighted by molar-refractivity contribution is -0.121. The van der Waals surface area contributed by atoms with Gasteiger partial charge in [-0.15, -0.1) is 0 Å². The molecule has 96 valence electrons. The van der Waals surface area contributed by atoms with E-state index in [0.29, 0.717) is 11.3 Å². The fourth-order valence-electron chi connectivity index (χ4n) is 1.56. The highest BCUT2D eigenvalue weighted by atomic mass is 16.5. The van der Waals surface area contributed by atoms with E-state index in [1.165, 1.54) is 25.3 Å². The van der Waals surface area contributed by atoms with E-state index in [1.54, 1.807) is 0 Å². The Hall–Kier alpha value is -2.10. The van der Waals surface area contributed by atoms with Crippen LogP contribution in [0.3, 0.4) is 0 Å². The van der Waals surface area contributed by atoms with Gasteiger partial charge in [-0.1, -0.05) is 0 Å². The van der Waals surface area contributed by atoms with Crippen molar-refractivity contribution in [2.24, 2.45) is 5.73 Å². The number of aliphatic hydroxyl groups excluding tert-OH is 2. The van der Waals surface area contributed by atoms with Gasteiger partial charge in [-0.05, 0) is 18.2 Å². The maximum atomic E-state index is 10.7.